The predicted octanol–water partition coefficient (Wildman–Crippen LogP) is 4.78. The molecule has 5 nitrogen and oxygen atoms in total. The van der Waals surface area contributed by atoms with Crippen LogP contribution in [-0.2, 0) is 0 Å². The molecule has 0 bridgehead atoms. The van der Waals surface area contributed by atoms with Crippen LogP contribution < -0.4 is 16.0 Å². The largest absolute Gasteiger partial charge is 0.506 e. The molecule has 0 aliphatic carbocycles. The van der Waals surface area contributed by atoms with Gasteiger partial charge in [0.2, 0.25) is 0 Å². The van der Waals surface area contributed by atoms with Crippen molar-refractivity contribution in [3.8, 4) is 5.75 Å². The molecule has 0 aliphatic heterocycles. The molecule has 0 aromatic heterocycles. The van der Waals surface area contributed by atoms with Crippen LogP contribution in [0.3, 0.4) is 0 Å². The van der Waals surface area contributed by atoms with E-state index in [2.05, 4.69) is 16.0 Å². The zero-order valence-corrected chi connectivity index (χ0v) is 12.9. The van der Waals surface area contributed by atoms with Crippen molar-refractivity contribution < 1.29 is 9.90 Å². The third-order valence-corrected chi connectivity index (χ3v) is 3.36. The van der Waals surface area contributed by atoms with Crippen molar-refractivity contribution in [1.29, 1.82) is 0 Å². The molecule has 3 aromatic rings. The maximum absolute atomic E-state index is 12.0. The van der Waals surface area contributed by atoms with E-state index < -0.39 is 6.03 Å². The maximum Gasteiger partial charge on any atom is 0.323 e. The third-order valence-electron chi connectivity index (χ3n) is 3.36. The first kappa shape index (κ1) is 15.4. The van der Waals surface area contributed by atoms with Gasteiger partial charge in [-0.3, -0.25) is 0 Å². The van der Waals surface area contributed by atoms with Gasteiger partial charge in [-0.15, -0.1) is 0 Å². The predicted molar refractivity (Wildman–Crippen MR) is 96.9 cm³/mol. The fourth-order valence-corrected chi connectivity index (χ4v) is 2.19. The van der Waals surface area contributed by atoms with Gasteiger partial charge >= 0.3 is 6.03 Å². The number of nitrogens with one attached hydrogen (secondary N) is 3. The van der Waals surface area contributed by atoms with E-state index in [1.807, 2.05) is 42.5 Å². The molecule has 0 heterocycles. The van der Waals surface area contributed by atoms with Crippen molar-refractivity contribution in [1.82, 2.24) is 0 Å². The van der Waals surface area contributed by atoms with Crippen molar-refractivity contribution in [2.24, 2.45) is 0 Å². The molecule has 0 saturated carbocycles. The number of phenols is 1. The Hall–Kier alpha value is -3.47. The number of anilines is 4. The van der Waals surface area contributed by atoms with E-state index in [9.17, 15) is 9.90 Å². The summed E-state index contributed by atoms with van der Waals surface area (Å²) in [7, 11) is 0. The fraction of sp³-hybridized carbons (Fsp3) is 0. The van der Waals surface area contributed by atoms with Crippen LogP contribution in [0.2, 0.25) is 0 Å². The second-order valence-electron chi connectivity index (χ2n) is 5.16. The normalized spacial score (nSPS) is 10.0. The summed E-state index contributed by atoms with van der Waals surface area (Å²) in [6.45, 7) is 0. The van der Waals surface area contributed by atoms with Gasteiger partial charge in [-0.25, -0.2) is 4.79 Å². The van der Waals surface area contributed by atoms with Gasteiger partial charge in [-0.1, -0.05) is 30.3 Å². The Balaban J connectivity index is 1.60. The van der Waals surface area contributed by atoms with Crippen LogP contribution in [0.25, 0.3) is 0 Å². The lowest BCUT2D eigenvalue weighted by molar-refractivity contribution is 0.262. The standard InChI is InChI=1S/C19H17N3O2/c23-18-9-5-4-8-17(18)22-19(24)21-16-12-10-15(11-13-16)20-14-6-2-1-3-7-14/h1-13,20,23H,(H2,21,22,24). The minimum Gasteiger partial charge on any atom is -0.506 e. The number of carbonyl (C=O) groups excluding carboxylic acids is 1. The number of amides is 2. The third kappa shape index (κ3) is 4.04. The summed E-state index contributed by atoms with van der Waals surface area (Å²) >= 11 is 0. The molecule has 5 heteroatoms. The molecule has 120 valence electrons. The van der Waals surface area contributed by atoms with E-state index >= 15 is 0 Å². The topological polar surface area (TPSA) is 73.4 Å². The van der Waals surface area contributed by atoms with E-state index in [1.165, 1.54) is 6.07 Å². The molecule has 4 N–H and O–H groups in total. The Morgan fingerprint density at radius 3 is 1.96 bits per heavy atom. The monoisotopic (exact) mass is 319 g/mol. The van der Waals surface area contributed by atoms with Gasteiger partial charge in [0.15, 0.2) is 0 Å². The van der Waals surface area contributed by atoms with E-state index in [0.717, 1.165) is 11.4 Å². The van der Waals surface area contributed by atoms with Gasteiger partial charge in [0.1, 0.15) is 5.75 Å². The molecule has 24 heavy (non-hydrogen) atoms. The number of aromatic hydroxyl groups is 1. The Morgan fingerprint density at radius 2 is 1.25 bits per heavy atom. The number of phenolic OH excluding ortho intramolecular Hbond substituents is 1. The van der Waals surface area contributed by atoms with Gasteiger partial charge in [-0.05, 0) is 48.5 Å². The summed E-state index contributed by atoms with van der Waals surface area (Å²) in [6, 6.07) is 23.3. The van der Waals surface area contributed by atoms with E-state index in [-0.39, 0.29) is 5.75 Å². The first-order valence-electron chi connectivity index (χ1n) is 7.49. The average Bonchev–Trinajstić information content (AvgIpc) is 2.60. The summed E-state index contributed by atoms with van der Waals surface area (Å²) in [5, 5.41) is 18.2. The van der Waals surface area contributed by atoms with Crippen LogP contribution in [0, 0.1) is 0 Å². The molecular formula is C19H17N3O2. The van der Waals surface area contributed by atoms with Crippen LogP contribution in [0.1, 0.15) is 0 Å². The van der Waals surface area contributed by atoms with Crippen molar-refractivity contribution in [3.63, 3.8) is 0 Å². The Morgan fingerprint density at radius 1 is 0.667 bits per heavy atom. The number of hydrogen-bond acceptors (Lipinski definition) is 3. The van der Waals surface area contributed by atoms with Gasteiger partial charge in [-0.2, -0.15) is 0 Å². The molecule has 3 rings (SSSR count). The fourth-order valence-electron chi connectivity index (χ4n) is 2.19. The lowest BCUT2D eigenvalue weighted by Gasteiger charge is -2.10. The molecule has 2 amide bonds. The molecule has 0 unspecified atom stereocenters. The number of rotatable bonds is 4. The first-order chi connectivity index (χ1) is 11.7. The quantitative estimate of drug-likeness (QED) is 0.523. The van der Waals surface area contributed by atoms with E-state index in [0.29, 0.717) is 11.4 Å². The van der Waals surface area contributed by atoms with Crippen molar-refractivity contribution in [2.75, 3.05) is 16.0 Å². The minimum absolute atomic E-state index is 0.0232. The van der Waals surface area contributed by atoms with Crippen molar-refractivity contribution in [3.05, 3.63) is 78.9 Å². The second-order valence-corrected chi connectivity index (χ2v) is 5.16. The summed E-state index contributed by atoms with van der Waals surface area (Å²) in [4.78, 5) is 12.0. The van der Waals surface area contributed by atoms with E-state index in [1.54, 1.807) is 30.3 Å². The van der Waals surface area contributed by atoms with Gasteiger partial charge in [0, 0.05) is 17.1 Å². The highest BCUT2D eigenvalue weighted by Gasteiger charge is 2.05. The number of urea groups is 1. The number of benzene rings is 3. The van der Waals surface area contributed by atoms with Crippen molar-refractivity contribution >= 4 is 28.8 Å². The first-order valence-corrected chi connectivity index (χ1v) is 7.49. The second kappa shape index (κ2) is 7.19. The molecule has 0 atom stereocenters. The SMILES string of the molecule is O=C(Nc1ccc(Nc2ccccc2)cc1)Nc1ccccc1O. The number of para-hydroxylation sites is 3. The average molecular weight is 319 g/mol. The molecule has 0 radical (unpaired) electrons. The zero-order chi connectivity index (χ0) is 16.8. The molecule has 0 fully saturated rings. The van der Waals surface area contributed by atoms with Crippen molar-refractivity contribution in [2.45, 2.75) is 0 Å². The van der Waals surface area contributed by atoms with Crippen LogP contribution in [0.5, 0.6) is 5.75 Å². The minimum atomic E-state index is -0.416. The summed E-state index contributed by atoms with van der Waals surface area (Å²) in [6.07, 6.45) is 0. The smallest absolute Gasteiger partial charge is 0.323 e. The Kier molecular flexibility index (Phi) is 4.62. The molecular weight excluding hydrogens is 302 g/mol. The van der Waals surface area contributed by atoms with Gasteiger partial charge < -0.3 is 21.1 Å². The van der Waals surface area contributed by atoms with Crippen LogP contribution in [0.4, 0.5) is 27.5 Å². The highest BCUT2D eigenvalue weighted by atomic mass is 16.3. The summed E-state index contributed by atoms with van der Waals surface area (Å²) in [5.41, 5.74) is 2.93. The highest BCUT2D eigenvalue weighted by molar-refractivity contribution is 6.00. The lowest BCUT2D eigenvalue weighted by atomic mass is 10.2. The van der Waals surface area contributed by atoms with Gasteiger partial charge in [0.05, 0.1) is 5.69 Å². The Bertz CT molecular complexity index is 818. The highest BCUT2D eigenvalue weighted by Crippen LogP contribution is 2.22. The molecule has 3 aromatic carbocycles. The Labute approximate surface area is 140 Å². The van der Waals surface area contributed by atoms with E-state index in [4.69, 9.17) is 0 Å². The molecule has 0 spiro atoms. The summed E-state index contributed by atoms with van der Waals surface area (Å²) < 4.78 is 0. The maximum atomic E-state index is 12.0. The molecule has 0 saturated heterocycles. The van der Waals surface area contributed by atoms with Gasteiger partial charge in [0.25, 0.3) is 0 Å². The van der Waals surface area contributed by atoms with Crippen LogP contribution in [-0.4, -0.2) is 11.1 Å². The lowest BCUT2D eigenvalue weighted by Crippen LogP contribution is -2.19. The summed E-state index contributed by atoms with van der Waals surface area (Å²) in [5.74, 6) is 0.0232. The van der Waals surface area contributed by atoms with Crippen LogP contribution in [0.15, 0.2) is 78.9 Å². The van der Waals surface area contributed by atoms with Crippen LogP contribution >= 0.6 is 0 Å². The zero-order valence-electron chi connectivity index (χ0n) is 12.9. The number of hydrogen-bond donors (Lipinski definition) is 4. The molecule has 0 aliphatic rings. The number of carbonyl (C=O) groups is 1.